The first-order chi connectivity index (χ1) is 17.4. The fourth-order valence-corrected chi connectivity index (χ4v) is 5.03. The van der Waals surface area contributed by atoms with Crippen LogP contribution < -0.4 is 15.0 Å². The number of nitrogens with zero attached hydrogens (tertiary/aromatic N) is 4. The number of alkyl halides is 3. The highest BCUT2D eigenvalue weighted by Gasteiger charge is 2.55. The fraction of sp³-hybridized carbons (Fsp3) is 0.480. The minimum atomic E-state index is -4.72. The quantitative estimate of drug-likeness (QED) is 0.485. The monoisotopic (exact) mass is 519 g/mol. The summed E-state index contributed by atoms with van der Waals surface area (Å²) in [5.74, 6) is -0.856. The Morgan fingerprint density at radius 3 is 2.70 bits per heavy atom. The zero-order valence-corrected chi connectivity index (χ0v) is 20.4. The standard InChI is InChI=1S/C25H28F3N5O4/c1-23(35)12-15-10-18(31-22(34)17-13-30-33-7-3-6-29-21(17)33)19(11-20(15)37-14-23)32-8-4-16(5-9-32)24(2,36)25(26,27)28/h3,6-7,10-11,13,16,35-36H,4-5,8-9,12,14H2,1-2H3,(H,31,34)/t23-,24?/m1/s1. The fourth-order valence-electron chi connectivity index (χ4n) is 5.03. The Hall–Kier alpha value is -3.38. The number of carbonyl (C=O) groups is 1. The largest absolute Gasteiger partial charge is 0.490 e. The predicted octanol–water partition coefficient (Wildman–Crippen LogP) is 3.20. The molecule has 1 fully saturated rings. The lowest BCUT2D eigenvalue weighted by atomic mass is 9.81. The Bertz CT molecular complexity index is 1330. The topological polar surface area (TPSA) is 112 Å². The molecule has 0 aliphatic carbocycles. The van der Waals surface area contributed by atoms with Crippen LogP contribution in [0.2, 0.25) is 0 Å². The van der Waals surface area contributed by atoms with Crippen LogP contribution in [0, 0.1) is 5.92 Å². The van der Waals surface area contributed by atoms with E-state index in [1.807, 2.05) is 4.90 Å². The highest BCUT2D eigenvalue weighted by molar-refractivity contribution is 6.09. The van der Waals surface area contributed by atoms with Gasteiger partial charge < -0.3 is 25.2 Å². The first kappa shape index (κ1) is 25.3. The zero-order valence-electron chi connectivity index (χ0n) is 20.4. The van der Waals surface area contributed by atoms with Crippen LogP contribution in [-0.2, 0) is 6.42 Å². The molecular weight excluding hydrogens is 491 g/mol. The number of rotatable bonds is 4. The molecular formula is C25H28F3N5O4. The average Bonchev–Trinajstić information content (AvgIpc) is 3.27. The van der Waals surface area contributed by atoms with Gasteiger partial charge in [-0.2, -0.15) is 18.3 Å². The van der Waals surface area contributed by atoms with E-state index in [-0.39, 0.29) is 38.1 Å². The van der Waals surface area contributed by atoms with Crippen LogP contribution in [0.25, 0.3) is 5.65 Å². The molecule has 5 rings (SSSR count). The number of aromatic nitrogens is 3. The molecule has 1 saturated heterocycles. The molecule has 1 unspecified atom stereocenters. The summed E-state index contributed by atoms with van der Waals surface area (Å²) in [6, 6.07) is 5.17. The molecule has 12 heteroatoms. The van der Waals surface area contributed by atoms with Crippen LogP contribution in [0.15, 0.2) is 36.8 Å². The third-order valence-corrected chi connectivity index (χ3v) is 7.27. The Labute approximate surface area is 210 Å². The molecule has 37 heavy (non-hydrogen) atoms. The first-order valence-corrected chi connectivity index (χ1v) is 12.0. The molecule has 2 atom stereocenters. The lowest BCUT2D eigenvalue weighted by Crippen LogP contribution is -2.52. The maximum Gasteiger partial charge on any atom is 0.417 e. The van der Waals surface area contributed by atoms with Gasteiger partial charge >= 0.3 is 6.18 Å². The molecule has 3 N–H and O–H groups in total. The molecule has 1 aromatic carbocycles. The van der Waals surface area contributed by atoms with Gasteiger partial charge in [-0.15, -0.1) is 0 Å². The van der Waals surface area contributed by atoms with Crippen molar-refractivity contribution < 1.29 is 32.9 Å². The Morgan fingerprint density at radius 2 is 2.00 bits per heavy atom. The van der Waals surface area contributed by atoms with E-state index in [1.165, 1.54) is 10.7 Å². The summed E-state index contributed by atoms with van der Waals surface area (Å²) < 4.78 is 47.4. The van der Waals surface area contributed by atoms with Crippen LogP contribution in [0.1, 0.15) is 42.6 Å². The summed E-state index contributed by atoms with van der Waals surface area (Å²) in [6.07, 6.45) is 0.447. The van der Waals surface area contributed by atoms with Crippen molar-refractivity contribution in [2.75, 3.05) is 29.9 Å². The van der Waals surface area contributed by atoms with Gasteiger partial charge in [0.1, 0.15) is 17.9 Å². The van der Waals surface area contributed by atoms with Crippen molar-refractivity contribution in [3.63, 3.8) is 0 Å². The molecule has 2 aliphatic rings. The number of ether oxygens (including phenoxy) is 1. The van der Waals surface area contributed by atoms with Crippen LogP contribution in [-0.4, -0.2) is 67.8 Å². The minimum Gasteiger partial charge on any atom is -0.490 e. The van der Waals surface area contributed by atoms with E-state index in [1.54, 1.807) is 37.5 Å². The molecule has 9 nitrogen and oxygen atoms in total. The minimum absolute atomic E-state index is 0.0930. The average molecular weight is 520 g/mol. The van der Waals surface area contributed by atoms with Crippen molar-refractivity contribution in [1.82, 2.24) is 14.6 Å². The predicted molar refractivity (Wildman–Crippen MR) is 129 cm³/mol. The second-order valence-electron chi connectivity index (χ2n) is 10.2. The summed E-state index contributed by atoms with van der Waals surface area (Å²) >= 11 is 0. The van der Waals surface area contributed by atoms with Gasteiger partial charge in [-0.3, -0.25) is 4.79 Å². The van der Waals surface area contributed by atoms with Gasteiger partial charge in [-0.1, -0.05) is 0 Å². The van der Waals surface area contributed by atoms with Gasteiger partial charge in [0.2, 0.25) is 0 Å². The smallest absolute Gasteiger partial charge is 0.417 e. The number of halogens is 3. The van der Waals surface area contributed by atoms with Crippen LogP contribution >= 0.6 is 0 Å². The SMILES string of the molecule is CC(O)(C1CCN(c2cc3c(cc2NC(=O)c2cnn4cccnc24)C[C@@](C)(O)CO3)CC1)C(F)(F)F. The normalized spacial score (nSPS) is 22.3. The lowest BCUT2D eigenvalue weighted by molar-refractivity contribution is -0.273. The lowest BCUT2D eigenvalue weighted by Gasteiger charge is -2.41. The number of nitrogens with one attached hydrogen (secondary N) is 1. The van der Waals surface area contributed by atoms with Gasteiger partial charge in [0.15, 0.2) is 11.2 Å². The summed E-state index contributed by atoms with van der Waals surface area (Å²) in [5.41, 5.74) is -1.51. The molecule has 2 aliphatic heterocycles. The van der Waals surface area contributed by atoms with Crippen molar-refractivity contribution in [2.45, 2.75) is 50.5 Å². The Balaban J connectivity index is 1.45. The number of hydrogen-bond donors (Lipinski definition) is 3. The molecule has 0 spiro atoms. The zero-order chi connectivity index (χ0) is 26.6. The van der Waals surface area contributed by atoms with Crippen molar-refractivity contribution >= 4 is 22.9 Å². The van der Waals surface area contributed by atoms with Gasteiger partial charge in [0.25, 0.3) is 5.91 Å². The number of benzene rings is 1. The van der Waals surface area contributed by atoms with E-state index in [2.05, 4.69) is 15.4 Å². The van der Waals surface area contributed by atoms with E-state index in [0.717, 1.165) is 6.92 Å². The second kappa shape index (κ2) is 8.88. The number of piperidine rings is 1. The molecule has 4 heterocycles. The summed E-state index contributed by atoms with van der Waals surface area (Å²) in [4.78, 5) is 19.3. The van der Waals surface area contributed by atoms with E-state index in [4.69, 9.17) is 4.74 Å². The van der Waals surface area contributed by atoms with E-state index in [0.29, 0.717) is 34.8 Å². The molecule has 1 amide bonds. The molecule has 3 aromatic rings. The maximum atomic E-state index is 13.4. The van der Waals surface area contributed by atoms with Gasteiger partial charge in [0.05, 0.1) is 23.2 Å². The molecule has 2 aromatic heterocycles. The maximum absolute atomic E-state index is 13.4. The van der Waals surface area contributed by atoms with Crippen LogP contribution in [0.4, 0.5) is 24.5 Å². The van der Waals surface area contributed by atoms with Crippen LogP contribution in [0.3, 0.4) is 0 Å². The van der Waals surface area contributed by atoms with Crippen molar-refractivity contribution in [3.8, 4) is 5.75 Å². The highest BCUT2D eigenvalue weighted by Crippen LogP contribution is 2.43. The molecule has 0 saturated carbocycles. The summed E-state index contributed by atoms with van der Waals surface area (Å²) in [7, 11) is 0. The van der Waals surface area contributed by atoms with E-state index < -0.39 is 29.2 Å². The number of fused-ring (bicyclic) bond motifs is 2. The van der Waals surface area contributed by atoms with E-state index in [9.17, 15) is 28.2 Å². The van der Waals surface area contributed by atoms with Crippen LogP contribution in [0.5, 0.6) is 5.75 Å². The molecule has 0 bridgehead atoms. The van der Waals surface area contributed by atoms with Gasteiger partial charge in [-0.25, -0.2) is 9.50 Å². The van der Waals surface area contributed by atoms with Crippen molar-refractivity contribution in [2.24, 2.45) is 5.92 Å². The number of aliphatic hydroxyl groups is 2. The number of amides is 1. The highest BCUT2D eigenvalue weighted by atomic mass is 19.4. The number of hydrogen-bond acceptors (Lipinski definition) is 7. The third-order valence-electron chi connectivity index (χ3n) is 7.27. The number of anilines is 2. The number of carbonyl (C=O) groups excluding carboxylic acids is 1. The molecule has 0 radical (unpaired) electrons. The Kier molecular flexibility index (Phi) is 6.06. The Morgan fingerprint density at radius 1 is 1.27 bits per heavy atom. The van der Waals surface area contributed by atoms with Gasteiger partial charge in [0, 0.05) is 38.0 Å². The van der Waals surface area contributed by atoms with Crippen molar-refractivity contribution in [1.29, 1.82) is 0 Å². The summed E-state index contributed by atoms with van der Waals surface area (Å²) in [5, 5.41) is 27.7. The third kappa shape index (κ3) is 4.71. The van der Waals surface area contributed by atoms with Crippen molar-refractivity contribution in [3.05, 3.63) is 47.9 Å². The van der Waals surface area contributed by atoms with E-state index >= 15 is 0 Å². The first-order valence-electron chi connectivity index (χ1n) is 12.0. The molecule has 198 valence electrons. The second-order valence-corrected chi connectivity index (χ2v) is 10.2. The van der Waals surface area contributed by atoms with Gasteiger partial charge in [-0.05, 0) is 50.3 Å². The summed E-state index contributed by atoms with van der Waals surface area (Å²) in [6.45, 7) is 3.06.